The molecule has 40 heavy (non-hydrogen) atoms. The van der Waals surface area contributed by atoms with E-state index in [4.69, 9.17) is 0 Å². The maximum absolute atomic E-state index is 13.9. The second kappa shape index (κ2) is 10.8. The molecule has 202 valence electrons. The van der Waals surface area contributed by atoms with Gasteiger partial charge in [0.05, 0.1) is 16.6 Å². The van der Waals surface area contributed by atoms with Crippen LogP contribution in [-0.2, 0) is 20.9 Å². The molecule has 0 unspecified atom stereocenters. The van der Waals surface area contributed by atoms with Crippen LogP contribution in [0.1, 0.15) is 21.9 Å². The summed E-state index contributed by atoms with van der Waals surface area (Å²) in [6.45, 7) is 1.70. The molecule has 7 nitrogen and oxygen atoms in total. The van der Waals surface area contributed by atoms with Gasteiger partial charge in [-0.25, -0.2) is 4.90 Å². The Bertz CT molecular complexity index is 1720. The number of rotatable bonds is 5. The average Bonchev–Trinajstić information content (AvgIpc) is 3.37. The molecule has 0 spiro atoms. The van der Waals surface area contributed by atoms with E-state index in [1.807, 2.05) is 55.5 Å². The Morgan fingerprint density at radius 1 is 0.900 bits per heavy atom. The van der Waals surface area contributed by atoms with Crippen molar-refractivity contribution in [1.82, 2.24) is 4.57 Å². The Morgan fingerprint density at radius 2 is 1.55 bits per heavy atom. The third-order valence-electron chi connectivity index (χ3n) is 7.08. The van der Waals surface area contributed by atoms with Crippen molar-refractivity contribution in [2.75, 3.05) is 10.2 Å². The van der Waals surface area contributed by atoms with Crippen molar-refractivity contribution in [3.05, 3.63) is 107 Å². The van der Waals surface area contributed by atoms with E-state index in [1.54, 1.807) is 24.3 Å². The Hall–Kier alpha value is -2.99. The van der Waals surface area contributed by atoms with Crippen molar-refractivity contribution in [1.29, 1.82) is 0 Å². The van der Waals surface area contributed by atoms with Crippen LogP contribution in [0.2, 0.25) is 0 Å². The number of aromatic nitrogens is 1. The average molecular weight is 699 g/mol. The molecule has 3 aromatic carbocycles. The highest BCUT2D eigenvalue weighted by molar-refractivity contribution is 9.10. The van der Waals surface area contributed by atoms with Crippen molar-refractivity contribution in [2.45, 2.75) is 29.7 Å². The zero-order valence-electron chi connectivity index (χ0n) is 21.0. The van der Waals surface area contributed by atoms with Gasteiger partial charge in [-0.2, -0.15) is 0 Å². The Morgan fingerprint density at radius 3 is 2.23 bits per heavy atom. The molecule has 11 heteroatoms. The predicted octanol–water partition coefficient (Wildman–Crippen LogP) is 6.18. The van der Waals surface area contributed by atoms with Crippen molar-refractivity contribution in [3.63, 3.8) is 0 Å². The SMILES string of the molecule is Cc1ccccc1NC(=O)Cn1c2c(sc1=O)[C@@H](c1ccc(Br)cc1)[C@@H]1C(=O)N(c3ccc(Br)cc3)C(=O)[C@@H]1S2. The number of carbonyl (C=O) groups is 3. The number of amides is 3. The number of nitrogens with one attached hydrogen (secondary N) is 1. The number of thiazole rings is 1. The van der Waals surface area contributed by atoms with Gasteiger partial charge in [0, 0.05) is 25.4 Å². The number of imide groups is 1. The number of para-hydroxylation sites is 1. The zero-order valence-corrected chi connectivity index (χ0v) is 25.8. The fourth-order valence-electron chi connectivity index (χ4n) is 5.18. The lowest BCUT2D eigenvalue weighted by Gasteiger charge is -2.30. The van der Waals surface area contributed by atoms with Crippen LogP contribution in [-0.4, -0.2) is 27.5 Å². The molecule has 0 saturated carbocycles. The topological polar surface area (TPSA) is 88.5 Å². The highest BCUT2D eigenvalue weighted by Crippen LogP contribution is 2.54. The number of halogens is 2. The molecular weight excluding hydrogens is 678 g/mol. The first kappa shape index (κ1) is 27.2. The molecule has 0 bridgehead atoms. The van der Waals surface area contributed by atoms with Crippen LogP contribution in [0.3, 0.4) is 0 Å². The van der Waals surface area contributed by atoms with E-state index < -0.39 is 17.1 Å². The minimum atomic E-state index is -0.739. The molecule has 6 rings (SSSR count). The van der Waals surface area contributed by atoms with Crippen LogP contribution in [0.5, 0.6) is 0 Å². The van der Waals surface area contributed by atoms with Gasteiger partial charge in [-0.15, -0.1) is 0 Å². The first-order valence-electron chi connectivity index (χ1n) is 12.4. The minimum Gasteiger partial charge on any atom is -0.324 e. The number of benzene rings is 3. The maximum Gasteiger partial charge on any atom is 0.308 e. The number of aryl methyl sites for hydroxylation is 1. The summed E-state index contributed by atoms with van der Waals surface area (Å²) in [5, 5.41) is 2.70. The van der Waals surface area contributed by atoms with E-state index in [-0.39, 0.29) is 29.1 Å². The summed E-state index contributed by atoms with van der Waals surface area (Å²) in [6.07, 6.45) is 0. The Kier molecular flexibility index (Phi) is 7.32. The summed E-state index contributed by atoms with van der Waals surface area (Å²) in [6, 6.07) is 22.1. The van der Waals surface area contributed by atoms with Crippen molar-refractivity contribution in [3.8, 4) is 0 Å². The molecule has 4 aromatic rings. The van der Waals surface area contributed by atoms with Crippen LogP contribution >= 0.6 is 55.0 Å². The first-order valence-corrected chi connectivity index (χ1v) is 15.7. The lowest BCUT2D eigenvalue weighted by Crippen LogP contribution is -2.33. The first-order chi connectivity index (χ1) is 19.2. The predicted molar refractivity (Wildman–Crippen MR) is 164 cm³/mol. The summed E-state index contributed by atoms with van der Waals surface area (Å²) in [7, 11) is 0. The van der Waals surface area contributed by atoms with Gasteiger partial charge >= 0.3 is 4.87 Å². The third kappa shape index (κ3) is 4.78. The van der Waals surface area contributed by atoms with E-state index in [0.29, 0.717) is 21.3 Å². The van der Waals surface area contributed by atoms with Gasteiger partial charge < -0.3 is 5.32 Å². The third-order valence-corrected chi connectivity index (χ3v) is 10.7. The molecule has 0 aliphatic carbocycles. The number of hydrogen-bond donors (Lipinski definition) is 1. The molecule has 1 saturated heterocycles. The van der Waals surface area contributed by atoms with Crippen LogP contribution < -0.4 is 15.1 Å². The summed E-state index contributed by atoms with van der Waals surface area (Å²) in [5.74, 6) is -2.17. The monoisotopic (exact) mass is 697 g/mol. The molecular formula is C29H21Br2N3O4S2. The van der Waals surface area contributed by atoms with Crippen molar-refractivity contribution >= 4 is 84.1 Å². The summed E-state index contributed by atoms with van der Waals surface area (Å²) < 4.78 is 3.15. The highest BCUT2D eigenvalue weighted by atomic mass is 79.9. The van der Waals surface area contributed by atoms with Gasteiger partial charge in [0.25, 0.3) is 0 Å². The number of fused-ring (bicyclic) bond motifs is 2. The number of anilines is 2. The highest BCUT2D eigenvalue weighted by Gasteiger charge is 2.56. The van der Waals surface area contributed by atoms with Gasteiger partial charge in [0.1, 0.15) is 11.8 Å². The molecule has 1 fully saturated rings. The maximum atomic E-state index is 13.9. The van der Waals surface area contributed by atoms with Gasteiger partial charge in [-0.05, 0) is 60.5 Å². The number of hydrogen-bond acceptors (Lipinski definition) is 6. The van der Waals surface area contributed by atoms with Crippen molar-refractivity contribution in [2.24, 2.45) is 5.92 Å². The quantitative estimate of drug-likeness (QED) is 0.252. The number of carbonyl (C=O) groups excluding carboxylic acids is 3. The molecule has 3 heterocycles. The fourth-order valence-corrected chi connectivity index (χ4v) is 8.48. The van der Waals surface area contributed by atoms with E-state index in [0.717, 1.165) is 31.4 Å². The molecule has 3 atom stereocenters. The van der Waals surface area contributed by atoms with E-state index in [9.17, 15) is 19.2 Å². The number of nitrogens with zero attached hydrogens (tertiary/aromatic N) is 2. The fraction of sp³-hybridized carbons (Fsp3) is 0.172. The molecule has 3 amide bonds. The van der Waals surface area contributed by atoms with E-state index >= 15 is 0 Å². The van der Waals surface area contributed by atoms with Gasteiger partial charge in [0.2, 0.25) is 17.7 Å². The lowest BCUT2D eigenvalue weighted by molar-refractivity contribution is -0.122. The van der Waals surface area contributed by atoms with Crippen LogP contribution in [0, 0.1) is 12.8 Å². The smallest absolute Gasteiger partial charge is 0.308 e. The zero-order chi connectivity index (χ0) is 28.1. The Balaban J connectivity index is 1.41. The van der Waals surface area contributed by atoms with E-state index in [2.05, 4.69) is 37.2 Å². The van der Waals surface area contributed by atoms with Crippen LogP contribution in [0.15, 0.2) is 91.6 Å². The van der Waals surface area contributed by atoms with E-state index in [1.165, 1.54) is 21.2 Å². The summed E-state index contributed by atoms with van der Waals surface area (Å²) in [5.41, 5.74) is 2.91. The number of thioether (sulfide) groups is 1. The molecule has 1 N–H and O–H groups in total. The second-order valence-electron chi connectivity index (χ2n) is 9.57. The molecule has 2 aliphatic rings. The summed E-state index contributed by atoms with van der Waals surface area (Å²) in [4.78, 5) is 55.7. The molecule has 0 radical (unpaired) electrons. The van der Waals surface area contributed by atoms with Gasteiger partial charge in [0.15, 0.2) is 0 Å². The standard InChI is InChI=1S/C29H21Br2N3O4S2/c1-15-4-2-3-5-20(15)32-21(35)14-33-28-25(40-29(33)38)22(16-6-8-17(30)9-7-16)23-24(39-28)27(37)34(26(23)36)19-12-10-18(31)11-13-19/h2-13,22-24H,14H2,1H3,(H,32,35)/t22-,23-,24+/m0/s1. The van der Waals surface area contributed by atoms with Gasteiger partial charge in [-0.3, -0.25) is 23.7 Å². The van der Waals surface area contributed by atoms with Gasteiger partial charge in [-0.1, -0.05) is 85.3 Å². The summed E-state index contributed by atoms with van der Waals surface area (Å²) >= 11 is 9.11. The Labute approximate surface area is 254 Å². The second-order valence-corrected chi connectivity index (χ2v) is 13.5. The molecule has 1 aromatic heterocycles. The largest absolute Gasteiger partial charge is 0.324 e. The van der Waals surface area contributed by atoms with Crippen molar-refractivity contribution < 1.29 is 14.4 Å². The lowest BCUT2D eigenvalue weighted by atomic mass is 9.83. The van der Waals surface area contributed by atoms with Crippen LogP contribution in [0.4, 0.5) is 11.4 Å². The molecule has 2 aliphatic heterocycles. The normalized spacial score (nSPS) is 19.9. The minimum absolute atomic E-state index is 0.199. The van der Waals surface area contributed by atoms with Crippen LogP contribution in [0.25, 0.3) is 0 Å².